The number of amides is 4. The average Bonchev–Trinajstić information content (AvgIpc) is 3.07. The van der Waals surface area contributed by atoms with Gasteiger partial charge < -0.3 is 9.80 Å². The Balaban J connectivity index is 1.38. The molecule has 2 aliphatic rings. The van der Waals surface area contributed by atoms with Crippen molar-refractivity contribution in [1.29, 1.82) is 0 Å². The fourth-order valence-electron chi connectivity index (χ4n) is 4.00. The SMILES string of the molecule is O=C(c1ccc(C(F)(F)F)cc1)N1CCC(N2CC(=O)N(c3ccccc3)C2=O)CC1. The van der Waals surface area contributed by atoms with E-state index >= 15 is 0 Å². The van der Waals surface area contributed by atoms with Gasteiger partial charge in [0.1, 0.15) is 6.54 Å². The van der Waals surface area contributed by atoms with Gasteiger partial charge in [0.15, 0.2) is 0 Å². The Labute approximate surface area is 176 Å². The standard InChI is InChI=1S/C22H20F3N3O3/c23-22(24,25)16-8-6-15(7-9-16)20(30)26-12-10-17(11-13-26)27-14-19(29)28(21(27)31)18-4-2-1-3-5-18/h1-9,17H,10-14H2. The molecule has 0 N–H and O–H groups in total. The molecule has 0 aromatic heterocycles. The molecule has 0 atom stereocenters. The summed E-state index contributed by atoms with van der Waals surface area (Å²) in [6, 6.07) is 12.3. The number of urea groups is 1. The van der Waals surface area contributed by atoms with E-state index < -0.39 is 11.7 Å². The number of piperidine rings is 1. The molecule has 2 aromatic carbocycles. The second-order valence-corrected chi connectivity index (χ2v) is 7.57. The van der Waals surface area contributed by atoms with Crippen molar-refractivity contribution in [3.8, 4) is 0 Å². The number of benzene rings is 2. The molecule has 0 radical (unpaired) electrons. The highest BCUT2D eigenvalue weighted by atomic mass is 19.4. The smallest absolute Gasteiger partial charge is 0.338 e. The van der Waals surface area contributed by atoms with Crippen LogP contribution >= 0.6 is 0 Å². The first-order chi connectivity index (χ1) is 14.8. The van der Waals surface area contributed by atoms with Crippen LogP contribution in [0.15, 0.2) is 54.6 Å². The first-order valence-electron chi connectivity index (χ1n) is 9.91. The quantitative estimate of drug-likeness (QED) is 0.695. The monoisotopic (exact) mass is 431 g/mol. The lowest BCUT2D eigenvalue weighted by Crippen LogP contribution is -2.48. The Hall–Kier alpha value is -3.36. The minimum Gasteiger partial charge on any atom is -0.338 e. The number of carbonyl (C=O) groups excluding carboxylic acids is 3. The van der Waals surface area contributed by atoms with E-state index in [1.54, 1.807) is 35.2 Å². The van der Waals surface area contributed by atoms with E-state index in [4.69, 9.17) is 0 Å². The number of anilines is 1. The minimum atomic E-state index is -4.45. The highest BCUT2D eigenvalue weighted by Gasteiger charge is 2.41. The van der Waals surface area contributed by atoms with Crippen molar-refractivity contribution in [2.24, 2.45) is 0 Å². The summed E-state index contributed by atoms with van der Waals surface area (Å²) in [4.78, 5) is 42.1. The normalized spacial score (nSPS) is 18.1. The maximum Gasteiger partial charge on any atom is 0.416 e. The van der Waals surface area contributed by atoms with Crippen LogP contribution in [0.4, 0.5) is 23.7 Å². The summed E-state index contributed by atoms with van der Waals surface area (Å²) in [5, 5.41) is 0. The lowest BCUT2D eigenvalue weighted by molar-refractivity contribution is -0.137. The predicted molar refractivity (Wildman–Crippen MR) is 106 cm³/mol. The third-order valence-corrected chi connectivity index (χ3v) is 5.66. The summed E-state index contributed by atoms with van der Waals surface area (Å²) < 4.78 is 38.1. The number of alkyl halides is 3. The molecule has 4 amide bonds. The molecular weight excluding hydrogens is 411 g/mol. The first-order valence-corrected chi connectivity index (χ1v) is 9.91. The number of rotatable bonds is 3. The molecule has 2 aliphatic heterocycles. The van der Waals surface area contributed by atoms with Crippen molar-refractivity contribution in [3.63, 3.8) is 0 Å². The fraction of sp³-hybridized carbons (Fsp3) is 0.318. The topological polar surface area (TPSA) is 60.9 Å². The van der Waals surface area contributed by atoms with Gasteiger partial charge in [-0.2, -0.15) is 13.2 Å². The van der Waals surface area contributed by atoms with Gasteiger partial charge >= 0.3 is 12.2 Å². The zero-order chi connectivity index (χ0) is 22.2. The second-order valence-electron chi connectivity index (χ2n) is 7.57. The van der Waals surface area contributed by atoms with Gasteiger partial charge in [0.2, 0.25) is 0 Å². The largest absolute Gasteiger partial charge is 0.416 e. The van der Waals surface area contributed by atoms with Crippen LogP contribution in [0.5, 0.6) is 0 Å². The highest BCUT2D eigenvalue weighted by molar-refractivity contribution is 6.19. The van der Waals surface area contributed by atoms with E-state index in [9.17, 15) is 27.6 Å². The highest BCUT2D eigenvalue weighted by Crippen LogP contribution is 2.30. The zero-order valence-corrected chi connectivity index (χ0v) is 16.5. The van der Waals surface area contributed by atoms with E-state index in [0.29, 0.717) is 31.6 Å². The van der Waals surface area contributed by atoms with E-state index in [0.717, 1.165) is 12.1 Å². The van der Waals surface area contributed by atoms with Crippen LogP contribution in [0.25, 0.3) is 0 Å². The summed E-state index contributed by atoms with van der Waals surface area (Å²) in [5.74, 6) is -0.638. The number of nitrogens with zero attached hydrogens (tertiary/aromatic N) is 3. The maximum absolute atomic E-state index is 12.8. The maximum atomic E-state index is 12.8. The lowest BCUT2D eigenvalue weighted by Gasteiger charge is -2.36. The van der Waals surface area contributed by atoms with Gasteiger partial charge in [0, 0.05) is 24.7 Å². The number of likely N-dealkylation sites (tertiary alicyclic amines) is 1. The third kappa shape index (κ3) is 4.12. The number of hydrogen-bond donors (Lipinski definition) is 0. The summed E-state index contributed by atoms with van der Waals surface area (Å²) in [5.41, 5.74) is -0.0908. The van der Waals surface area contributed by atoms with Crippen LogP contribution in [-0.2, 0) is 11.0 Å². The van der Waals surface area contributed by atoms with Crippen LogP contribution < -0.4 is 4.90 Å². The Morgan fingerprint density at radius 2 is 1.52 bits per heavy atom. The first kappa shape index (κ1) is 20.9. The summed E-state index contributed by atoms with van der Waals surface area (Å²) in [7, 11) is 0. The van der Waals surface area contributed by atoms with Crippen LogP contribution in [0, 0.1) is 0 Å². The van der Waals surface area contributed by atoms with Crippen LogP contribution in [0.2, 0.25) is 0 Å². The van der Waals surface area contributed by atoms with Crippen LogP contribution in [0.1, 0.15) is 28.8 Å². The van der Waals surface area contributed by atoms with Gasteiger partial charge in [-0.15, -0.1) is 0 Å². The Morgan fingerprint density at radius 1 is 0.903 bits per heavy atom. The van der Waals surface area contributed by atoms with E-state index in [-0.39, 0.29) is 36.0 Å². The Kier molecular flexibility index (Phi) is 5.43. The Morgan fingerprint density at radius 3 is 2.10 bits per heavy atom. The number of para-hydroxylation sites is 1. The van der Waals surface area contributed by atoms with Crippen LogP contribution in [-0.4, -0.2) is 53.3 Å². The molecule has 6 nitrogen and oxygen atoms in total. The molecule has 0 aliphatic carbocycles. The molecule has 2 aromatic rings. The van der Waals surface area contributed by atoms with Crippen molar-refractivity contribution in [1.82, 2.24) is 9.80 Å². The number of imide groups is 1. The predicted octanol–water partition coefficient (Wildman–Crippen LogP) is 3.78. The fourth-order valence-corrected chi connectivity index (χ4v) is 4.00. The summed E-state index contributed by atoms with van der Waals surface area (Å²) in [6.45, 7) is 0.701. The van der Waals surface area contributed by atoms with Gasteiger partial charge in [-0.05, 0) is 49.2 Å². The molecule has 2 saturated heterocycles. The summed E-state index contributed by atoms with van der Waals surface area (Å²) in [6.07, 6.45) is -3.46. The molecular formula is C22H20F3N3O3. The number of halogens is 3. The summed E-state index contributed by atoms with van der Waals surface area (Å²) >= 11 is 0. The molecule has 2 fully saturated rings. The molecule has 31 heavy (non-hydrogen) atoms. The van der Waals surface area contributed by atoms with Crippen molar-refractivity contribution in [2.45, 2.75) is 25.1 Å². The average molecular weight is 431 g/mol. The van der Waals surface area contributed by atoms with Crippen molar-refractivity contribution >= 4 is 23.5 Å². The molecule has 0 unspecified atom stereocenters. The van der Waals surface area contributed by atoms with Crippen LogP contribution in [0.3, 0.4) is 0 Å². The van der Waals surface area contributed by atoms with E-state index in [1.165, 1.54) is 21.9 Å². The second kappa shape index (κ2) is 8.05. The van der Waals surface area contributed by atoms with Gasteiger partial charge in [-0.3, -0.25) is 9.59 Å². The molecule has 2 heterocycles. The van der Waals surface area contributed by atoms with Crippen molar-refractivity contribution in [2.75, 3.05) is 24.5 Å². The van der Waals surface area contributed by atoms with Crippen molar-refractivity contribution < 1.29 is 27.6 Å². The van der Waals surface area contributed by atoms with Gasteiger partial charge in [0.05, 0.1) is 11.3 Å². The number of carbonyl (C=O) groups is 3. The Bertz CT molecular complexity index is 985. The lowest BCUT2D eigenvalue weighted by atomic mass is 10.0. The van der Waals surface area contributed by atoms with Crippen molar-refractivity contribution in [3.05, 3.63) is 65.7 Å². The minimum absolute atomic E-state index is 0.00869. The molecule has 0 saturated carbocycles. The molecule has 0 spiro atoms. The van der Waals surface area contributed by atoms with E-state index in [2.05, 4.69) is 0 Å². The third-order valence-electron chi connectivity index (χ3n) is 5.66. The molecule has 4 rings (SSSR count). The van der Waals surface area contributed by atoms with Gasteiger partial charge in [0.25, 0.3) is 11.8 Å². The van der Waals surface area contributed by atoms with Gasteiger partial charge in [-0.1, -0.05) is 18.2 Å². The molecule has 162 valence electrons. The van der Waals surface area contributed by atoms with E-state index in [1.807, 2.05) is 0 Å². The number of hydrogen-bond acceptors (Lipinski definition) is 3. The zero-order valence-electron chi connectivity index (χ0n) is 16.5. The molecule has 0 bridgehead atoms. The van der Waals surface area contributed by atoms with Gasteiger partial charge in [-0.25, -0.2) is 9.69 Å². The molecule has 9 heteroatoms.